The van der Waals surface area contributed by atoms with Gasteiger partial charge in [-0.3, -0.25) is 4.79 Å². The average Bonchev–Trinajstić information content (AvgIpc) is 3.25. The molecule has 0 spiro atoms. The highest BCUT2D eigenvalue weighted by molar-refractivity contribution is 5.83. The van der Waals surface area contributed by atoms with Crippen molar-refractivity contribution >= 4 is 11.9 Å². The summed E-state index contributed by atoms with van der Waals surface area (Å²) in [6.07, 6.45) is 4.58. The van der Waals surface area contributed by atoms with Crippen molar-refractivity contribution in [1.29, 1.82) is 0 Å². The van der Waals surface area contributed by atoms with Gasteiger partial charge in [-0.1, -0.05) is 0 Å². The first-order valence-corrected chi connectivity index (χ1v) is 8.37. The number of alkyl halides is 2. The lowest BCUT2D eigenvalue weighted by molar-refractivity contribution is -0.161. The predicted molar refractivity (Wildman–Crippen MR) is 81.6 cm³/mol. The van der Waals surface area contributed by atoms with Crippen LogP contribution in [0.5, 0.6) is 0 Å². The number of hydrogen-bond acceptors (Lipinski definition) is 5. The number of ether oxygens (including phenoxy) is 1. The molecule has 2 aliphatic heterocycles. The Morgan fingerprint density at radius 2 is 1.88 bits per heavy atom. The Labute approximate surface area is 142 Å². The van der Waals surface area contributed by atoms with Crippen LogP contribution >= 0.6 is 0 Å². The number of aromatic nitrogens is 2. The van der Waals surface area contributed by atoms with Crippen LogP contribution in [-0.4, -0.2) is 46.1 Å². The van der Waals surface area contributed by atoms with Gasteiger partial charge in [0.25, 0.3) is 5.92 Å². The zero-order valence-corrected chi connectivity index (χ0v) is 13.5. The van der Waals surface area contributed by atoms with Crippen LogP contribution in [0.3, 0.4) is 0 Å². The Balaban J connectivity index is 1.32. The summed E-state index contributed by atoms with van der Waals surface area (Å²) in [7, 11) is 0. The Hall–Kier alpha value is -1.90. The second-order valence-corrected chi connectivity index (χ2v) is 7.34. The lowest BCUT2D eigenvalue weighted by atomic mass is 9.71. The van der Waals surface area contributed by atoms with Crippen molar-refractivity contribution in [2.24, 2.45) is 5.92 Å². The van der Waals surface area contributed by atoms with Gasteiger partial charge in [-0.05, 0) is 25.7 Å². The van der Waals surface area contributed by atoms with E-state index in [1.54, 1.807) is 0 Å². The highest BCUT2D eigenvalue weighted by Crippen LogP contribution is 2.50. The van der Waals surface area contributed by atoms with E-state index in [4.69, 9.17) is 4.74 Å². The van der Waals surface area contributed by atoms with Crippen molar-refractivity contribution in [2.75, 3.05) is 18.5 Å². The fraction of sp³-hybridized carbons (Fsp3) is 0.688. The van der Waals surface area contributed by atoms with Crippen molar-refractivity contribution in [3.05, 3.63) is 18.2 Å². The molecule has 0 aromatic carbocycles. The number of nitrogens with zero attached hydrogens (tertiary/aromatic N) is 2. The lowest BCUT2D eigenvalue weighted by Crippen LogP contribution is -2.64. The number of halogens is 3. The van der Waals surface area contributed by atoms with Crippen molar-refractivity contribution < 1.29 is 22.7 Å². The topological polar surface area (TPSA) is 76.1 Å². The molecule has 2 aliphatic carbocycles. The molecule has 5 rings (SSSR count). The number of carbonyl (C=O) groups excluding carboxylic acids is 1. The highest BCUT2D eigenvalue weighted by atomic mass is 19.3. The van der Waals surface area contributed by atoms with Crippen molar-refractivity contribution in [1.82, 2.24) is 15.3 Å². The van der Waals surface area contributed by atoms with Gasteiger partial charge in [0.15, 0.2) is 5.82 Å². The highest BCUT2D eigenvalue weighted by Gasteiger charge is 2.62. The summed E-state index contributed by atoms with van der Waals surface area (Å²) in [6, 6.07) is 0. The van der Waals surface area contributed by atoms with Crippen LogP contribution < -0.4 is 10.6 Å². The maximum absolute atomic E-state index is 13.1. The van der Waals surface area contributed by atoms with Gasteiger partial charge in [0.1, 0.15) is 5.92 Å². The van der Waals surface area contributed by atoms with Crippen LogP contribution in [0.1, 0.15) is 32.1 Å². The Morgan fingerprint density at radius 1 is 1.24 bits per heavy atom. The Bertz CT molecular complexity index is 658. The largest absolute Gasteiger partial charge is 0.371 e. The summed E-state index contributed by atoms with van der Waals surface area (Å²) in [6.45, 7) is 0.784. The fourth-order valence-electron chi connectivity index (χ4n) is 3.64. The second-order valence-electron chi connectivity index (χ2n) is 7.34. The third kappa shape index (κ3) is 3.17. The molecule has 9 heteroatoms. The summed E-state index contributed by atoms with van der Waals surface area (Å²) < 4.78 is 44.9. The van der Waals surface area contributed by atoms with Gasteiger partial charge in [-0.2, -0.15) is 0 Å². The zero-order chi connectivity index (χ0) is 17.7. The number of anilines is 1. The van der Waals surface area contributed by atoms with E-state index in [9.17, 15) is 18.0 Å². The van der Waals surface area contributed by atoms with Crippen LogP contribution in [0.25, 0.3) is 0 Å². The van der Waals surface area contributed by atoms with E-state index in [2.05, 4.69) is 20.6 Å². The zero-order valence-electron chi connectivity index (χ0n) is 13.5. The molecule has 2 N–H and O–H groups in total. The molecule has 1 aromatic rings. The second kappa shape index (κ2) is 5.55. The van der Waals surface area contributed by atoms with Gasteiger partial charge in [-0.15, -0.1) is 0 Å². The van der Waals surface area contributed by atoms with E-state index in [0.717, 1.165) is 12.4 Å². The summed E-state index contributed by atoms with van der Waals surface area (Å²) in [5.41, 5.74) is -0.933. The molecule has 2 saturated carbocycles. The van der Waals surface area contributed by atoms with Crippen molar-refractivity contribution in [3.63, 3.8) is 0 Å². The van der Waals surface area contributed by atoms with Crippen LogP contribution in [0, 0.1) is 11.7 Å². The Morgan fingerprint density at radius 3 is 2.40 bits per heavy atom. The Kier molecular flexibility index (Phi) is 3.68. The number of amides is 1. The van der Waals surface area contributed by atoms with E-state index < -0.39 is 34.7 Å². The predicted octanol–water partition coefficient (Wildman–Crippen LogP) is 1.88. The van der Waals surface area contributed by atoms with E-state index >= 15 is 0 Å². The average molecular weight is 356 g/mol. The molecular weight excluding hydrogens is 337 g/mol. The third-order valence-electron chi connectivity index (χ3n) is 5.49. The van der Waals surface area contributed by atoms with Crippen LogP contribution in [-0.2, 0) is 9.53 Å². The molecule has 1 aromatic heterocycles. The number of rotatable bonds is 5. The number of nitrogens with one attached hydrogen (secondary N) is 2. The van der Waals surface area contributed by atoms with Crippen LogP contribution in [0.4, 0.5) is 19.1 Å². The molecule has 0 unspecified atom stereocenters. The number of carbonyl (C=O) groups is 1. The maximum atomic E-state index is 13.1. The molecular formula is C16H19F3N4O2. The van der Waals surface area contributed by atoms with E-state index in [1.165, 1.54) is 0 Å². The monoisotopic (exact) mass is 356 g/mol. The van der Waals surface area contributed by atoms with Gasteiger partial charge in [-0.25, -0.2) is 23.1 Å². The first-order chi connectivity index (χ1) is 11.8. The van der Waals surface area contributed by atoms with Crippen molar-refractivity contribution in [3.8, 4) is 0 Å². The van der Waals surface area contributed by atoms with E-state index in [-0.39, 0.29) is 6.42 Å². The summed E-state index contributed by atoms with van der Waals surface area (Å²) in [5.74, 6) is -4.79. The van der Waals surface area contributed by atoms with Gasteiger partial charge in [0.2, 0.25) is 11.9 Å². The normalized spacial score (nSPS) is 35.2. The van der Waals surface area contributed by atoms with Gasteiger partial charge >= 0.3 is 0 Å². The minimum Gasteiger partial charge on any atom is -0.371 e. The lowest BCUT2D eigenvalue weighted by Gasteiger charge is -2.53. The fourth-order valence-corrected chi connectivity index (χ4v) is 3.64. The molecule has 0 radical (unpaired) electrons. The molecule has 1 atom stereocenters. The molecule has 3 heterocycles. The molecule has 4 aliphatic rings. The number of hydrogen-bond donors (Lipinski definition) is 2. The molecule has 25 heavy (non-hydrogen) atoms. The summed E-state index contributed by atoms with van der Waals surface area (Å²) in [4.78, 5) is 19.7. The maximum Gasteiger partial charge on any atom is 0.260 e. The first-order valence-electron chi connectivity index (χ1n) is 8.37. The minimum atomic E-state index is -2.85. The minimum absolute atomic E-state index is 0.309. The summed E-state index contributed by atoms with van der Waals surface area (Å²) >= 11 is 0. The third-order valence-corrected chi connectivity index (χ3v) is 5.49. The molecule has 6 nitrogen and oxygen atoms in total. The molecule has 4 fully saturated rings. The van der Waals surface area contributed by atoms with Gasteiger partial charge in [0.05, 0.1) is 30.1 Å². The quantitative estimate of drug-likeness (QED) is 0.843. The standard InChI is InChI=1S/C16H19F3N4O2/c17-10-6-20-13(21-7-10)22-8-15-3-1-14(2-4-15,9-25-15)23-12(24)11-5-16(11,18)19/h6-7,11H,1-5,8-9H2,(H,23,24)(H,20,21,22)/t11-,14?,15?/m1/s1. The van der Waals surface area contributed by atoms with Gasteiger partial charge < -0.3 is 15.4 Å². The first kappa shape index (κ1) is 16.6. The van der Waals surface area contributed by atoms with Crippen LogP contribution in [0.15, 0.2) is 12.4 Å². The summed E-state index contributed by atoms with van der Waals surface area (Å²) in [5, 5.41) is 5.85. The van der Waals surface area contributed by atoms with E-state index in [1.807, 2.05) is 0 Å². The van der Waals surface area contributed by atoms with E-state index in [0.29, 0.717) is 44.8 Å². The van der Waals surface area contributed by atoms with Crippen molar-refractivity contribution in [2.45, 2.75) is 49.2 Å². The molecule has 1 amide bonds. The molecule has 2 bridgehead atoms. The van der Waals surface area contributed by atoms with Crippen LogP contribution in [0.2, 0.25) is 0 Å². The SMILES string of the molecule is O=C(NC12CCC(CNc3ncc(F)cn3)(CC1)OC2)[C@H]1CC1(F)F. The van der Waals surface area contributed by atoms with Gasteiger partial charge in [0, 0.05) is 13.0 Å². The molecule has 2 saturated heterocycles. The smallest absolute Gasteiger partial charge is 0.260 e. The molecule has 136 valence electrons. The number of fused-ring (bicyclic) bond motifs is 3.